The number of carbonyl (C=O) groups excluding carboxylic acids is 2. The van der Waals surface area contributed by atoms with Crippen LogP contribution >= 0.6 is 0 Å². The van der Waals surface area contributed by atoms with Gasteiger partial charge in [0, 0.05) is 44.9 Å². The fourth-order valence-electron chi connectivity index (χ4n) is 3.03. The number of carbonyl (C=O) groups is 2. The van der Waals surface area contributed by atoms with Gasteiger partial charge in [0.25, 0.3) is 5.91 Å². The van der Waals surface area contributed by atoms with E-state index in [0.717, 1.165) is 17.8 Å². The minimum atomic E-state index is -0.599. The molecule has 6 heteroatoms. The minimum absolute atomic E-state index is 0.0613. The number of hydrogen-bond acceptors (Lipinski definition) is 5. The lowest BCUT2D eigenvalue weighted by Crippen LogP contribution is -2.44. The summed E-state index contributed by atoms with van der Waals surface area (Å²) in [6, 6.07) is 16.9. The van der Waals surface area contributed by atoms with Gasteiger partial charge in [-0.1, -0.05) is 48.0 Å². The number of aryl methyl sites for hydroxylation is 1. The number of nitrogens with zero attached hydrogens (tertiary/aromatic N) is 3. The Labute approximate surface area is 165 Å². The van der Waals surface area contributed by atoms with Crippen LogP contribution in [-0.4, -0.2) is 55.8 Å². The van der Waals surface area contributed by atoms with Crippen molar-refractivity contribution in [3.8, 4) is 0 Å². The van der Waals surface area contributed by atoms with Crippen molar-refractivity contribution in [3.05, 3.63) is 65.7 Å². The molecule has 1 N–H and O–H groups in total. The van der Waals surface area contributed by atoms with Crippen LogP contribution in [0.25, 0.3) is 0 Å². The largest absolute Gasteiger partial charge is 0.373 e. The molecule has 0 spiro atoms. The molecule has 146 valence electrons. The van der Waals surface area contributed by atoms with Crippen molar-refractivity contribution in [1.82, 2.24) is 10.2 Å². The third-order valence-electron chi connectivity index (χ3n) is 4.91. The summed E-state index contributed by atoms with van der Waals surface area (Å²) in [5.74, 6) is 0.167. The van der Waals surface area contributed by atoms with Gasteiger partial charge in [0.2, 0.25) is 5.96 Å². The lowest BCUT2D eigenvalue weighted by Gasteiger charge is -2.25. The van der Waals surface area contributed by atoms with Crippen LogP contribution in [0, 0.1) is 6.92 Å². The van der Waals surface area contributed by atoms with Crippen LogP contribution in [0.5, 0.6) is 0 Å². The van der Waals surface area contributed by atoms with E-state index in [1.807, 2.05) is 56.3 Å². The first-order chi connectivity index (χ1) is 13.4. The fourth-order valence-corrected chi connectivity index (χ4v) is 3.03. The molecular formula is C22H26N4O2. The molecule has 0 aromatic heterocycles. The Balaban J connectivity index is 1.52. The Morgan fingerprint density at radius 1 is 1.00 bits per heavy atom. The number of aliphatic imine (C=N–C) groups is 1. The molecule has 1 amide bonds. The Kier molecular flexibility index (Phi) is 6.09. The molecule has 0 saturated carbocycles. The number of rotatable bonds is 7. The lowest BCUT2D eigenvalue weighted by molar-refractivity contribution is -0.118. The van der Waals surface area contributed by atoms with Gasteiger partial charge in [-0.15, -0.1) is 0 Å². The van der Waals surface area contributed by atoms with Crippen LogP contribution in [0.1, 0.15) is 22.3 Å². The third-order valence-corrected chi connectivity index (χ3v) is 4.91. The van der Waals surface area contributed by atoms with E-state index in [1.54, 1.807) is 12.1 Å². The van der Waals surface area contributed by atoms with E-state index in [1.165, 1.54) is 0 Å². The summed E-state index contributed by atoms with van der Waals surface area (Å²) in [6.07, 6.45) is 0.104. The van der Waals surface area contributed by atoms with Gasteiger partial charge in [0.1, 0.15) is 6.04 Å². The number of amides is 1. The van der Waals surface area contributed by atoms with Crippen molar-refractivity contribution in [1.29, 1.82) is 0 Å². The molecule has 0 saturated heterocycles. The standard InChI is InChI=1S/C22H26N4O2/c1-16-9-11-17(12-10-16)20(27)15-19-21(28)24-22(23-19)26(3)14-13-25(2)18-7-5-4-6-8-18/h4-12,19H,13-15H2,1-3H3,(H,23,24,28). The molecule has 1 aliphatic rings. The molecule has 28 heavy (non-hydrogen) atoms. The average Bonchev–Trinajstić information content (AvgIpc) is 3.07. The molecule has 3 rings (SSSR count). The highest BCUT2D eigenvalue weighted by molar-refractivity contribution is 6.06. The number of ketones is 1. The summed E-state index contributed by atoms with van der Waals surface area (Å²) in [5, 5.41) is 3.10. The van der Waals surface area contributed by atoms with Crippen molar-refractivity contribution in [2.24, 2.45) is 4.99 Å². The van der Waals surface area contributed by atoms with Gasteiger partial charge in [0.05, 0.1) is 0 Å². The fraction of sp³-hybridized carbons (Fsp3) is 0.318. The van der Waals surface area contributed by atoms with Crippen LogP contribution in [0.15, 0.2) is 59.6 Å². The van der Waals surface area contributed by atoms with Gasteiger partial charge < -0.3 is 15.1 Å². The zero-order valence-electron chi connectivity index (χ0n) is 16.6. The molecule has 1 heterocycles. The zero-order valence-corrected chi connectivity index (χ0v) is 16.6. The minimum Gasteiger partial charge on any atom is -0.373 e. The van der Waals surface area contributed by atoms with E-state index in [9.17, 15) is 9.59 Å². The molecule has 0 aliphatic carbocycles. The van der Waals surface area contributed by atoms with Gasteiger partial charge in [0.15, 0.2) is 5.78 Å². The van der Waals surface area contributed by atoms with E-state index in [2.05, 4.69) is 27.3 Å². The van der Waals surface area contributed by atoms with Crippen molar-refractivity contribution in [3.63, 3.8) is 0 Å². The van der Waals surface area contributed by atoms with Gasteiger partial charge >= 0.3 is 0 Å². The molecule has 0 radical (unpaired) electrons. The van der Waals surface area contributed by atoms with Crippen molar-refractivity contribution in [2.45, 2.75) is 19.4 Å². The summed E-state index contributed by atoms with van der Waals surface area (Å²) in [4.78, 5) is 32.8. The number of benzene rings is 2. The second-order valence-electron chi connectivity index (χ2n) is 7.14. The van der Waals surface area contributed by atoms with Gasteiger partial charge in [-0.2, -0.15) is 4.99 Å². The number of para-hydroxylation sites is 1. The Morgan fingerprint density at radius 2 is 1.64 bits per heavy atom. The van der Waals surface area contributed by atoms with E-state index in [4.69, 9.17) is 0 Å². The molecule has 1 unspecified atom stereocenters. The first-order valence-electron chi connectivity index (χ1n) is 9.40. The number of guanidine groups is 1. The van der Waals surface area contributed by atoms with Crippen LogP contribution in [-0.2, 0) is 4.79 Å². The van der Waals surface area contributed by atoms with Crippen LogP contribution in [0.4, 0.5) is 5.69 Å². The summed E-state index contributed by atoms with van der Waals surface area (Å²) in [6.45, 7) is 3.45. The highest BCUT2D eigenvalue weighted by Crippen LogP contribution is 2.13. The maximum Gasteiger partial charge on any atom is 0.271 e. The maximum absolute atomic E-state index is 12.4. The quantitative estimate of drug-likeness (QED) is 0.750. The summed E-state index contributed by atoms with van der Waals surface area (Å²) in [7, 11) is 3.92. The van der Waals surface area contributed by atoms with Gasteiger partial charge in [-0.05, 0) is 19.1 Å². The lowest BCUT2D eigenvalue weighted by atomic mass is 10.0. The first-order valence-corrected chi connectivity index (χ1v) is 9.40. The van der Waals surface area contributed by atoms with Crippen LogP contribution in [0.2, 0.25) is 0 Å². The normalized spacial score (nSPS) is 15.8. The number of hydrogen-bond donors (Lipinski definition) is 1. The molecular weight excluding hydrogens is 352 g/mol. The van der Waals surface area contributed by atoms with E-state index in [0.29, 0.717) is 18.1 Å². The monoisotopic (exact) mass is 378 g/mol. The summed E-state index contributed by atoms with van der Waals surface area (Å²) in [5.41, 5.74) is 2.85. The molecule has 2 aromatic rings. The highest BCUT2D eigenvalue weighted by atomic mass is 16.2. The van der Waals surface area contributed by atoms with E-state index >= 15 is 0 Å². The predicted octanol–water partition coefficient (Wildman–Crippen LogP) is 2.49. The topological polar surface area (TPSA) is 65.0 Å². The maximum atomic E-state index is 12.4. The number of nitrogens with one attached hydrogen (secondary N) is 1. The molecule has 2 aromatic carbocycles. The predicted molar refractivity (Wildman–Crippen MR) is 112 cm³/mol. The molecule has 0 bridgehead atoms. The SMILES string of the molecule is Cc1ccc(C(=O)CC2NC(N(C)CCN(C)c3ccccc3)=NC2=O)cc1. The Morgan fingerprint density at radius 3 is 2.32 bits per heavy atom. The second-order valence-corrected chi connectivity index (χ2v) is 7.14. The van der Waals surface area contributed by atoms with Crippen molar-refractivity contribution < 1.29 is 9.59 Å². The van der Waals surface area contributed by atoms with Crippen molar-refractivity contribution >= 4 is 23.3 Å². The number of Topliss-reactive ketones (excluding diaryl/α,β-unsaturated/α-hetero) is 1. The summed E-state index contributed by atoms with van der Waals surface area (Å²) < 4.78 is 0. The molecule has 0 fully saturated rings. The number of likely N-dealkylation sites (N-methyl/N-ethyl adjacent to an activating group) is 2. The summed E-state index contributed by atoms with van der Waals surface area (Å²) >= 11 is 0. The van der Waals surface area contributed by atoms with Gasteiger partial charge in [-0.25, -0.2) is 0 Å². The third kappa shape index (κ3) is 4.76. The second kappa shape index (κ2) is 8.69. The highest BCUT2D eigenvalue weighted by Gasteiger charge is 2.30. The zero-order chi connectivity index (χ0) is 20.1. The number of anilines is 1. The Bertz CT molecular complexity index is 862. The Hall–Kier alpha value is -3.15. The average molecular weight is 378 g/mol. The van der Waals surface area contributed by atoms with Gasteiger partial charge in [-0.3, -0.25) is 9.59 Å². The van der Waals surface area contributed by atoms with Crippen molar-refractivity contribution in [2.75, 3.05) is 32.1 Å². The van der Waals surface area contributed by atoms with Crippen LogP contribution in [0.3, 0.4) is 0 Å². The molecule has 1 atom stereocenters. The van der Waals surface area contributed by atoms with E-state index < -0.39 is 6.04 Å². The van der Waals surface area contributed by atoms with E-state index in [-0.39, 0.29) is 18.1 Å². The first kappa shape index (κ1) is 19.6. The molecule has 1 aliphatic heterocycles. The molecule has 6 nitrogen and oxygen atoms in total. The van der Waals surface area contributed by atoms with Crippen LogP contribution < -0.4 is 10.2 Å². The smallest absolute Gasteiger partial charge is 0.271 e.